The molecule has 0 bridgehead atoms. The fourth-order valence-electron chi connectivity index (χ4n) is 3.30. The second-order valence-corrected chi connectivity index (χ2v) is 8.92. The van der Waals surface area contributed by atoms with Crippen LogP contribution in [0.2, 0.25) is 0 Å². The predicted molar refractivity (Wildman–Crippen MR) is 113 cm³/mol. The van der Waals surface area contributed by atoms with E-state index in [1.54, 1.807) is 30.3 Å². The number of amides is 1. The van der Waals surface area contributed by atoms with Crippen molar-refractivity contribution in [3.05, 3.63) is 65.5 Å². The number of hydrogen-bond acceptors (Lipinski definition) is 4. The fourth-order valence-corrected chi connectivity index (χ4v) is 5.01. The Labute approximate surface area is 176 Å². The molecule has 0 atom stereocenters. The van der Waals surface area contributed by atoms with Gasteiger partial charge in [-0.2, -0.15) is 4.31 Å². The zero-order valence-corrected chi connectivity index (χ0v) is 17.6. The highest BCUT2D eigenvalue weighted by molar-refractivity contribution is 7.89. The van der Waals surface area contributed by atoms with Crippen LogP contribution in [-0.4, -0.2) is 38.8 Å². The van der Waals surface area contributed by atoms with E-state index in [0.29, 0.717) is 24.2 Å². The molecule has 1 aliphatic heterocycles. The third-order valence-electron chi connectivity index (χ3n) is 4.96. The van der Waals surface area contributed by atoms with Crippen molar-refractivity contribution in [1.82, 2.24) is 9.62 Å². The number of carbonyl (C=O) groups excluding carboxylic acids is 1. The van der Waals surface area contributed by atoms with Crippen LogP contribution in [0.15, 0.2) is 53.4 Å². The van der Waals surface area contributed by atoms with Crippen LogP contribution in [0.25, 0.3) is 6.08 Å². The zero-order chi connectivity index (χ0) is 21.6. The van der Waals surface area contributed by atoms with Gasteiger partial charge in [0.05, 0.1) is 7.11 Å². The molecule has 1 N–H and O–H groups in total. The van der Waals surface area contributed by atoms with Crippen LogP contribution in [-0.2, 0) is 21.4 Å². The first kappa shape index (κ1) is 22.0. The normalized spacial score (nSPS) is 15.3. The van der Waals surface area contributed by atoms with E-state index in [-0.39, 0.29) is 23.0 Å². The fraction of sp³-hybridized carbons (Fsp3) is 0.318. The smallest absolute Gasteiger partial charge is 0.246 e. The molecule has 0 aromatic heterocycles. The van der Waals surface area contributed by atoms with E-state index in [9.17, 15) is 17.6 Å². The molecule has 1 saturated heterocycles. The Bertz CT molecular complexity index is 1030. The number of hydrogen-bond donors (Lipinski definition) is 1. The molecule has 0 unspecified atom stereocenters. The van der Waals surface area contributed by atoms with Crippen molar-refractivity contribution in [1.29, 1.82) is 0 Å². The minimum atomic E-state index is -3.68. The van der Waals surface area contributed by atoms with Crippen molar-refractivity contribution in [2.24, 2.45) is 0 Å². The third kappa shape index (κ3) is 5.25. The monoisotopic (exact) mass is 432 g/mol. The highest BCUT2D eigenvalue weighted by Crippen LogP contribution is 2.29. The maximum absolute atomic E-state index is 13.6. The Kier molecular flexibility index (Phi) is 7.23. The van der Waals surface area contributed by atoms with Crippen molar-refractivity contribution >= 4 is 22.0 Å². The first-order chi connectivity index (χ1) is 14.4. The first-order valence-corrected chi connectivity index (χ1v) is 11.2. The number of carbonyl (C=O) groups is 1. The van der Waals surface area contributed by atoms with E-state index in [0.717, 1.165) is 19.3 Å². The SMILES string of the molecule is COc1ccc(C=CC(=O)NCc2ccccc2F)cc1S(=O)(=O)N1CCCCC1. The molecule has 1 heterocycles. The van der Waals surface area contributed by atoms with E-state index < -0.39 is 15.9 Å². The summed E-state index contributed by atoms with van der Waals surface area (Å²) in [7, 11) is -2.26. The second-order valence-electron chi connectivity index (χ2n) is 7.02. The van der Waals surface area contributed by atoms with Gasteiger partial charge in [0, 0.05) is 31.3 Å². The number of rotatable bonds is 7. The molecule has 1 aliphatic rings. The zero-order valence-electron chi connectivity index (χ0n) is 16.8. The minimum Gasteiger partial charge on any atom is -0.495 e. The third-order valence-corrected chi connectivity index (χ3v) is 6.88. The molecule has 2 aromatic carbocycles. The summed E-state index contributed by atoms with van der Waals surface area (Å²) in [5, 5.41) is 2.61. The van der Waals surface area contributed by atoms with Crippen LogP contribution in [0.3, 0.4) is 0 Å². The molecular formula is C22H25FN2O4S. The average molecular weight is 433 g/mol. The van der Waals surface area contributed by atoms with E-state index >= 15 is 0 Å². The van der Waals surface area contributed by atoms with Crippen LogP contribution < -0.4 is 10.1 Å². The van der Waals surface area contributed by atoms with Gasteiger partial charge in [0.1, 0.15) is 16.5 Å². The predicted octanol–water partition coefficient (Wildman–Crippen LogP) is 3.34. The Morgan fingerprint density at radius 1 is 1.17 bits per heavy atom. The van der Waals surface area contributed by atoms with Gasteiger partial charge >= 0.3 is 0 Å². The van der Waals surface area contributed by atoms with Crippen molar-refractivity contribution in [3.63, 3.8) is 0 Å². The number of benzene rings is 2. The van der Waals surface area contributed by atoms with E-state index in [4.69, 9.17) is 4.74 Å². The number of nitrogens with one attached hydrogen (secondary N) is 1. The lowest BCUT2D eigenvalue weighted by atomic mass is 10.2. The standard InChI is InChI=1S/C22H25FN2O4S/c1-29-20-11-9-17(15-21(20)30(27,28)25-13-5-2-6-14-25)10-12-22(26)24-16-18-7-3-4-8-19(18)23/h3-4,7-12,15H,2,5-6,13-14,16H2,1H3,(H,24,26). The topological polar surface area (TPSA) is 75.7 Å². The summed E-state index contributed by atoms with van der Waals surface area (Å²) in [6.45, 7) is 1.04. The quantitative estimate of drug-likeness (QED) is 0.681. The Balaban J connectivity index is 1.74. The lowest BCUT2D eigenvalue weighted by Crippen LogP contribution is -2.35. The number of piperidine rings is 1. The van der Waals surface area contributed by atoms with Crippen LogP contribution in [0.5, 0.6) is 5.75 Å². The molecule has 8 heteroatoms. The van der Waals surface area contributed by atoms with Crippen molar-refractivity contribution in [2.75, 3.05) is 20.2 Å². The van der Waals surface area contributed by atoms with Gasteiger partial charge < -0.3 is 10.1 Å². The summed E-state index contributed by atoms with van der Waals surface area (Å²) < 4.78 is 46.5. The second kappa shape index (κ2) is 9.86. The van der Waals surface area contributed by atoms with Crippen molar-refractivity contribution in [3.8, 4) is 5.75 Å². The van der Waals surface area contributed by atoms with Gasteiger partial charge in [-0.3, -0.25) is 4.79 Å². The maximum Gasteiger partial charge on any atom is 0.246 e. The number of methoxy groups -OCH3 is 1. The van der Waals surface area contributed by atoms with Crippen LogP contribution in [0, 0.1) is 5.82 Å². The summed E-state index contributed by atoms with van der Waals surface area (Å²) in [6.07, 6.45) is 5.51. The average Bonchev–Trinajstić information content (AvgIpc) is 2.77. The molecule has 1 amide bonds. The lowest BCUT2D eigenvalue weighted by Gasteiger charge is -2.26. The Morgan fingerprint density at radius 3 is 2.60 bits per heavy atom. The van der Waals surface area contributed by atoms with Gasteiger partial charge in [-0.25, -0.2) is 12.8 Å². The summed E-state index contributed by atoms with van der Waals surface area (Å²) in [4.78, 5) is 12.2. The molecule has 2 aromatic rings. The van der Waals surface area contributed by atoms with E-state index in [2.05, 4.69) is 5.32 Å². The number of nitrogens with zero attached hydrogens (tertiary/aromatic N) is 1. The summed E-state index contributed by atoms with van der Waals surface area (Å²) >= 11 is 0. The first-order valence-electron chi connectivity index (χ1n) is 9.79. The summed E-state index contributed by atoms with van der Waals surface area (Å²) in [5.41, 5.74) is 0.936. The van der Waals surface area contributed by atoms with Crippen LogP contribution in [0.1, 0.15) is 30.4 Å². The molecular weight excluding hydrogens is 407 g/mol. The number of sulfonamides is 1. The number of halogens is 1. The molecule has 0 aliphatic carbocycles. The Hall–Kier alpha value is -2.71. The maximum atomic E-state index is 13.6. The van der Waals surface area contributed by atoms with E-state index in [1.807, 2.05) is 0 Å². The minimum absolute atomic E-state index is 0.0625. The molecule has 1 fully saturated rings. The Morgan fingerprint density at radius 2 is 1.90 bits per heavy atom. The van der Waals surface area contributed by atoms with Gasteiger partial charge in [0.25, 0.3) is 0 Å². The highest BCUT2D eigenvalue weighted by atomic mass is 32.2. The van der Waals surface area contributed by atoms with Crippen LogP contribution >= 0.6 is 0 Å². The highest BCUT2D eigenvalue weighted by Gasteiger charge is 2.28. The van der Waals surface area contributed by atoms with Crippen molar-refractivity contribution < 1.29 is 22.3 Å². The molecule has 0 spiro atoms. The van der Waals surface area contributed by atoms with Crippen LogP contribution in [0.4, 0.5) is 4.39 Å². The van der Waals surface area contributed by atoms with Crippen molar-refractivity contribution in [2.45, 2.75) is 30.7 Å². The van der Waals surface area contributed by atoms with Gasteiger partial charge in [-0.15, -0.1) is 0 Å². The molecule has 30 heavy (non-hydrogen) atoms. The summed E-state index contributed by atoms with van der Waals surface area (Å²) in [5.74, 6) is -0.527. The molecule has 3 rings (SSSR count). The van der Waals surface area contributed by atoms with Gasteiger partial charge in [0.2, 0.25) is 15.9 Å². The molecule has 0 saturated carbocycles. The van der Waals surface area contributed by atoms with E-state index in [1.165, 1.54) is 35.7 Å². The van der Waals surface area contributed by atoms with Gasteiger partial charge in [0.15, 0.2) is 0 Å². The largest absolute Gasteiger partial charge is 0.495 e. The van der Waals surface area contributed by atoms with Gasteiger partial charge in [-0.05, 0) is 42.7 Å². The molecule has 0 radical (unpaired) electrons. The number of ether oxygens (including phenoxy) is 1. The molecule has 6 nitrogen and oxygen atoms in total. The summed E-state index contributed by atoms with van der Waals surface area (Å²) in [6, 6.07) is 11.0. The van der Waals surface area contributed by atoms with Gasteiger partial charge in [-0.1, -0.05) is 30.7 Å². The lowest BCUT2D eigenvalue weighted by molar-refractivity contribution is -0.116. The molecule has 160 valence electrons.